The van der Waals surface area contributed by atoms with E-state index in [0.717, 1.165) is 18.6 Å². The molecule has 1 aromatic carbocycles. The summed E-state index contributed by atoms with van der Waals surface area (Å²) in [5, 5.41) is 2.52. The van der Waals surface area contributed by atoms with Crippen LogP contribution in [-0.4, -0.2) is 48.8 Å². The molecule has 1 amide bonds. The van der Waals surface area contributed by atoms with Gasteiger partial charge in [-0.3, -0.25) is 9.69 Å². The maximum Gasteiger partial charge on any atom is 0.401 e. The predicted octanol–water partition coefficient (Wildman–Crippen LogP) is 4.93. The van der Waals surface area contributed by atoms with Crippen LogP contribution >= 0.6 is 0 Å². The molecule has 1 N–H and O–H groups in total. The van der Waals surface area contributed by atoms with Crippen LogP contribution in [0.1, 0.15) is 56.8 Å². The molecule has 1 fully saturated rings. The van der Waals surface area contributed by atoms with E-state index in [1.807, 2.05) is 0 Å². The zero-order valence-corrected chi connectivity index (χ0v) is 17.5. The van der Waals surface area contributed by atoms with Crippen molar-refractivity contribution in [1.29, 1.82) is 0 Å². The van der Waals surface area contributed by atoms with Crippen LogP contribution in [0, 0.1) is 17.6 Å². The van der Waals surface area contributed by atoms with Gasteiger partial charge in [-0.2, -0.15) is 13.2 Å². The smallest absolute Gasteiger partial charge is 0.401 e. The van der Waals surface area contributed by atoms with E-state index >= 15 is 0 Å². The average Bonchev–Trinajstić information content (AvgIpc) is 2.56. The Hall–Kier alpha value is -1.90. The van der Waals surface area contributed by atoms with Gasteiger partial charge in [0.1, 0.15) is 22.9 Å². The van der Waals surface area contributed by atoms with E-state index in [4.69, 9.17) is 4.74 Å². The zero-order chi connectivity index (χ0) is 22.5. The van der Waals surface area contributed by atoms with Gasteiger partial charge in [-0.15, -0.1) is 0 Å². The van der Waals surface area contributed by atoms with Crippen LogP contribution in [0.2, 0.25) is 0 Å². The molecule has 1 saturated heterocycles. The largest absolute Gasteiger partial charge is 0.493 e. The van der Waals surface area contributed by atoms with Gasteiger partial charge in [-0.1, -0.05) is 0 Å². The van der Waals surface area contributed by atoms with Crippen LogP contribution in [0.5, 0.6) is 5.75 Å². The summed E-state index contributed by atoms with van der Waals surface area (Å²) in [6.07, 6.45) is -1.39. The lowest BCUT2D eigenvalue weighted by Gasteiger charge is -2.32. The van der Waals surface area contributed by atoms with Crippen LogP contribution in [0.4, 0.5) is 22.0 Å². The Kier molecular flexibility index (Phi) is 8.07. The highest BCUT2D eigenvalue weighted by atomic mass is 19.4. The minimum Gasteiger partial charge on any atom is -0.493 e. The van der Waals surface area contributed by atoms with Gasteiger partial charge >= 0.3 is 6.18 Å². The molecule has 1 aliphatic heterocycles. The second-order valence-electron chi connectivity index (χ2n) is 8.79. The number of rotatable bonds is 7. The number of nitrogens with one attached hydrogen (secondary N) is 1. The molecule has 0 aromatic heterocycles. The predicted molar refractivity (Wildman–Crippen MR) is 104 cm³/mol. The summed E-state index contributed by atoms with van der Waals surface area (Å²) < 4.78 is 71.1. The number of piperidine rings is 1. The molecule has 0 bridgehead atoms. The maximum atomic E-state index is 14.2. The minimum atomic E-state index is -4.17. The fourth-order valence-corrected chi connectivity index (χ4v) is 3.50. The second-order valence-corrected chi connectivity index (χ2v) is 8.79. The highest BCUT2D eigenvalue weighted by Crippen LogP contribution is 2.26. The van der Waals surface area contributed by atoms with Gasteiger partial charge in [0, 0.05) is 17.7 Å². The van der Waals surface area contributed by atoms with Crippen molar-refractivity contribution in [1.82, 2.24) is 10.2 Å². The summed E-state index contributed by atoms with van der Waals surface area (Å²) in [6.45, 7) is 5.31. The number of carbonyl (C=O) groups excluding carboxylic acids is 1. The first kappa shape index (κ1) is 24.4. The van der Waals surface area contributed by atoms with Crippen molar-refractivity contribution >= 4 is 5.91 Å². The molecule has 0 saturated carbocycles. The van der Waals surface area contributed by atoms with Crippen LogP contribution in [0.25, 0.3) is 0 Å². The number of halogens is 5. The molecule has 9 heteroatoms. The van der Waals surface area contributed by atoms with Crippen LogP contribution < -0.4 is 10.1 Å². The fourth-order valence-electron chi connectivity index (χ4n) is 3.50. The molecule has 1 aliphatic rings. The van der Waals surface area contributed by atoms with Gasteiger partial charge in [0.25, 0.3) is 5.91 Å². The van der Waals surface area contributed by atoms with Crippen molar-refractivity contribution in [3.8, 4) is 5.75 Å². The van der Waals surface area contributed by atoms with E-state index in [0.29, 0.717) is 38.3 Å². The first-order chi connectivity index (χ1) is 13.8. The molecule has 170 valence electrons. The number of ether oxygens (including phenoxy) is 1. The van der Waals surface area contributed by atoms with E-state index in [1.165, 1.54) is 4.90 Å². The highest BCUT2D eigenvalue weighted by Gasteiger charge is 2.32. The quantitative estimate of drug-likeness (QED) is 0.487. The van der Waals surface area contributed by atoms with Crippen molar-refractivity contribution in [2.75, 3.05) is 26.2 Å². The van der Waals surface area contributed by atoms with Gasteiger partial charge in [-0.25, -0.2) is 8.78 Å². The number of alkyl halides is 3. The van der Waals surface area contributed by atoms with Crippen LogP contribution in [0.15, 0.2) is 12.1 Å². The molecular weight excluding hydrogens is 407 g/mol. The van der Waals surface area contributed by atoms with Crippen molar-refractivity contribution < 1.29 is 31.5 Å². The van der Waals surface area contributed by atoms with Crippen LogP contribution in [-0.2, 0) is 0 Å². The number of likely N-dealkylation sites (tertiary alicyclic amines) is 1. The van der Waals surface area contributed by atoms with Crippen LogP contribution in [0.3, 0.4) is 0 Å². The normalized spacial score (nSPS) is 16.5. The molecule has 0 aliphatic carbocycles. The Bertz CT molecular complexity index is 700. The number of amides is 1. The molecule has 4 nitrogen and oxygen atoms in total. The minimum absolute atomic E-state index is 0.00250. The standard InChI is InChI=1S/C21H29F5N2O2/c1-20(2,3)27-19(29)18-16(22)11-15(12-17(18)23)30-10-4-5-14-6-8-28(9-7-14)13-21(24,25)26/h11-12,14H,4-10,13H2,1-3H3,(H,27,29). The summed E-state index contributed by atoms with van der Waals surface area (Å²) in [5.74, 6) is -2.51. The third-order valence-corrected chi connectivity index (χ3v) is 4.87. The Morgan fingerprint density at radius 2 is 1.70 bits per heavy atom. The Morgan fingerprint density at radius 3 is 2.20 bits per heavy atom. The summed E-state index contributed by atoms with van der Waals surface area (Å²) in [4.78, 5) is 13.5. The number of benzene rings is 1. The first-order valence-electron chi connectivity index (χ1n) is 10.1. The number of nitrogens with zero attached hydrogens (tertiary/aromatic N) is 1. The number of hydrogen-bond donors (Lipinski definition) is 1. The molecule has 0 atom stereocenters. The lowest BCUT2D eigenvalue weighted by molar-refractivity contribution is -0.148. The molecule has 0 radical (unpaired) electrons. The third-order valence-electron chi connectivity index (χ3n) is 4.87. The van der Waals surface area contributed by atoms with E-state index in [2.05, 4.69) is 5.32 Å². The lowest BCUT2D eigenvalue weighted by atomic mass is 9.92. The summed E-state index contributed by atoms with van der Waals surface area (Å²) in [7, 11) is 0. The Balaban J connectivity index is 1.77. The van der Waals surface area contributed by atoms with Gasteiger partial charge in [0.05, 0.1) is 13.2 Å². The zero-order valence-electron chi connectivity index (χ0n) is 17.5. The SMILES string of the molecule is CC(C)(C)NC(=O)c1c(F)cc(OCCCC2CCN(CC(F)(F)F)CC2)cc1F. The molecule has 0 unspecified atom stereocenters. The van der Waals surface area contributed by atoms with Gasteiger partial charge in [0.2, 0.25) is 0 Å². The topological polar surface area (TPSA) is 41.6 Å². The van der Waals surface area contributed by atoms with Crippen molar-refractivity contribution in [3.63, 3.8) is 0 Å². The van der Waals surface area contributed by atoms with E-state index in [9.17, 15) is 26.7 Å². The molecule has 30 heavy (non-hydrogen) atoms. The monoisotopic (exact) mass is 436 g/mol. The number of carbonyl (C=O) groups is 1. The summed E-state index contributed by atoms with van der Waals surface area (Å²) in [6, 6.07) is 1.96. The van der Waals surface area contributed by atoms with Gasteiger partial charge in [0.15, 0.2) is 0 Å². The molecule has 1 heterocycles. The Labute approximate surface area is 173 Å². The Morgan fingerprint density at radius 1 is 1.13 bits per heavy atom. The van der Waals surface area contributed by atoms with Crippen molar-refractivity contribution in [2.45, 2.75) is 58.2 Å². The fraction of sp³-hybridized carbons (Fsp3) is 0.667. The molecule has 0 spiro atoms. The van der Waals surface area contributed by atoms with E-state index in [1.54, 1.807) is 20.8 Å². The number of hydrogen-bond acceptors (Lipinski definition) is 3. The van der Waals surface area contributed by atoms with Gasteiger partial charge < -0.3 is 10.1 Å². The highest BCUT2D eigenvalue weighted by molar-refractivity contribution is 5.95. The molecule has 1 aromatic rings. The van der Waals surface area contributed by atoms with E-state index < -0.39 is 41.4 Å². The lowest BCUT2D eigenvalue weighted by Crippen LogP contribution is -2.41. The average molecular weight is 436 g/mol. The maximum absolute atomic E-state index is 14.2. The van der Waals surface area contributed by atoms with E-state index in [-0.39, 0.29) is 12.4 Å². The summed E-state index contributed by atoms with van der Waals surface area (Å²) >= 11 is 0. The molecular formula is C21H29F5N2O2. The third kappa shape index (κ3) is 8.08. The summed E-state index contributed by atoms with van der Waals surface area (Å²) in [5.41, 5.74) is -1.28. The second kappa shape index (κ2) is 9.94. The van der Waals surface area contributed by atoms with Crippen molar-refractivity contribution in [2.24, 2.45) is 5.92 Å². The van der Waals surface area contributed by atoms with Crippen molar-refractivity contribution in [3.05, 3.63) is 29.3 Å². The first-order valence-corrected chi connectivity index (χ1v) is 10.1. The molecule has 2 rings (SSSR count). The van der Waals surface area contributed by atoms with Gasteiger partial charge in [-0.05, 0) is 65.5 Å².